The van der Waals surface area contributed by atoms with Gasteiger partial charge in [0.1, 0.15) is 13.2 Å². The smallest absolute Gasteiger partial charge is 0.306 e. The van der Waals surface area contributed by atoms with E-state index in [1.54, 1.807) is 0 Å². The Labute approximate surface area is 314 Å². The van der Waals surface area contributed by atoms with Crippen LogP contribution in [0.15, 0.2) is 48.6 Å². The third-order valence-electron chi connectivity index (χ3n) is 8.80. The van der Waals surface area contributed by atoms with Gasteiger partial charge in [0.05, 0.1) is 0 Å². The van der Waals surface area contributed by atoms with Gasteiger partial charge in [-0.3, -0.25) is 14.4 Å². The van der Waals surface area contributed by atoms with Crippen LogP contribution in [0.3, 0.4) is 0 Å². The molecular formula is C45H78O6. The average Bonchev–Trinajstić information content (AvgIpc) is 3.12. The van der Waals surface area contributed by atoms with Gasteiger partial charge in [-0.15, -0.1) is 0 Å². The molecule has 0 saturated carbocycles. The highest BCUT2D eigenvalue weighted by Gasteiger charge is 2.19. The lowest BCUT2D eigenvalue weighted by atomic mass is 10.1. The first-order valence-electron chi connectivity index (χ1n) is 21.1. The van der Waals surface area contributed by atoms with Crippen molar-refractivity contribution in [3.8, 4) is 0 Å². The van der Waals surface area contributed by atoms with Crippen molar-refractivity contribution in [3.05, 3.63) is 48.6 Å². The Morgan fingerprint density at radius 3 is 1.18 bits per heavy atom. The minimum absolute atomic E-state index is 0.0867. The monoisotopic (exact) mass is 715 g/mol. The van der Waals surface area contributed by atoms with Crippen LogP contribution in [-0.2, 0) is 28.6 Å². The standard InChI is InChI=1S/C45H78O6/c1-4-7-10-13-16-19-20-21-22-23-24-27-29-32-35-38-44(47)50-41-42(51-45(48)39-36-33-30-26-18-15-12-9-6-3)40-49-43(46)37-34-31-28-25-17-14-11-8-5-2/h8-9,11-12,16,19,21-22,42H,4-7,10,13-15,17-18,20,23-41H2,1-3H3. The van der Waals surface area contributed by atoms with Gasteiger partial charge in [0.2, 0.25) is 0 Å². The second kappa shape index (κ2) is 40.1. The number of carbonyl (C=O) groups excluding carboxylic acids is 3. The number of allylic oxidation sites excluding steroid dienone is 8. The molecule has 0 aliphatic carbocycles. The van der Waals surface area contributed by atoms with Crippen molar-refractivity contribution < 1.29 is 28.6 Å². The van der Waals surface area contributed by atoms with Gasteiger partial charge in [0, 0.05) is 19.3 Å². The minimum atomic E-state index is -0.781. The van der Waals surface area contributed by atoms with Crippen LogP contribution in [0.5, 0.6) is 0 Å². The molecule has 6 heteroatoms. The van der Waals surface area contributed by atoms with Crippen LogP contribution in [0.4, 0.5) is 0 Å². The van der Waals surface area contributed by atoms with Gasteiger partial charge in [0.15, 0.2) is 6.10 Å². The Balaban J connectivity index is 4.36. The molecular weight excluding hydrogens is 636 g/mol. The summed E-state index contributed by atoms with van der Waals surface area (Å²) < 4.78 is 16.6. The number of hydrogen-bond donors (Lipinski definition) is 0. The second-order valence-electron chi connectivity index (χ2n) is 13.8. The van der Waals surface area contributed by atoms with Gasteiger partial charge >= 0.3 is 17.9 Å². The summed E-state index contributed by atoms with van der Waals surface area (Å²) in [6.07, 6.45) is 45.3. The van der Waals surface area contributed by atoms with E-state index < -0.39 is 6.10 Å². The molecule has 0 aliphatic rings. The molecule has 51 heavy (non-hydrogen) atoms. The Kier molecular flexibility index (Phi) is 38.1. The predicted molar refractivity (Wildman–Crippen MR) is 215 cm³/mol. The third kappa shape index (κ3) is 38.4. The quantitative estimate of drug-likeness (QED) is 0.0276. The third-order valence-corrected chi connectivity index (χ3v) is 8.80. The topological polar surface area (TPSA) is 78.9 Å². The van der Waals surface area contributed by atoms with Gasteiger partial charge in [-0.05, 0) is 89.9 Å². The average molecular weight is 715 g/mol. The molecule has 294 valence electrons. The van der Waals surface area contributed by atoms with E-state index in [1.165, 1.54) is 44.9 Å². The fourth-order valence-corrected chi connectivity index (χ4v) is 5.65. The lowest BCUT2D eigenvalue weighted by Gasteiger charge is -2.18. The summed E-state index contributed by atoms with van der Waals surface area (Å²) in [7, 11) is 0. The number of esters is 3. The van der Waals surface area contributed by atoms with E-state index in [1.807, 2.05) is 0 Å². The van der Waals surface area contributed by atoms with Crippen molar-refractivity contribution in [2.24, 2.45) is 0 Å². The lowest BCUT2D eigenvalue weighted by Crippen LogP contribution is -2.30. The Bertz CT molecular complexity index is 918. The molecule has 0 aromatic carbocycles. The molecule has 0 aliphatic heterocycles. The van der Waals surface area contributed by atoms with E-state index in [4.69, 9.17) is 14.2 Å². The molecule has 0 bridgehead atoms. The van der Waals surface area contributed by atoms with E-state index in [9.17, 15) is 14.4 Å². The van der Waals surface area contributed by atoms with Crippen LogP contribution in [0.1, 0.15) is 201 Å². The van der Waals surface area contributed by atoms with Crippen molar-refractivity contribution >= 4 is 17.9 Å². The Hall–Kier alpha value is -2.63. The molecule has 0 N–H and O–H groups in total. The SMILES string of the molecule is CCC=CCCCCCCCC(=O)OCC(COC(=O)CCCCCCCC=CCC=CCCCCC)OC(=O)CCCCCCCC=CCC. The maximum absolute atomic E-state index is 12.6. The zero-order valence-electron chi connectivity index (χ0n) is 33.4. The van der Waals surface area contributed by atoms with Crippen LogP contribution in [0.25, 0.3) is 0 Å². The van der Waals surface area contributed by atoms with E-state index in [2.05, 4.69) is 69.4 Å². The van der Waals surface area contributed by atoms with E-state index in [0.717, 1.165) is 116 Å². The highest BCUT2D eigenvalue weighted by molar-refractivity contribution is 5.71. The highest BCUT2D eigenvalue weighted by atomic mass is 16.6. The highest BCUT2D eigenvalue weighted by Crippen LogP contribution is 2.13. The fraction of sp³-hybridized carbons (Fsp3) is 0.756. The molecule has 0 amide bonds. The molecule has 6 nitrogen and oxygen atoms in total. The molecule has 1 atom stereocenters. The predicted octanol–water partition coefficient (Wildman–Crippen LogP) is 13.2. The van der Waals surface area contributed by atoms with E-state index in [-0.39, 0.29) is 31.1 Å². The number of ether oxygens (including phenoxy) is 3. The minimum Gasteiger partial charge on any atom is -0.462 e. The van der Waals surface area contributed by atoms with Gasteiger partial charge in [-0.2, -0.15) is 0 Å². The van der Waals surface area contributed by atoms with Crippen LogP contribution in [0, 0.1) is 0 Å². The number of rotatable bonds is 37. The first-order valence-corrected chi connectivity index (χ1v) is 21.1. The van der Waals surface area contributed by atoms with Crippen LogP contribution < -0.4 is 0 Å². The maximum atomic E-state index is 12.6. The number of unbranched alkanes of at least 4 members (excludes halogenated alkanes) is 18. The van der Waals surface area contributed by atoms with Gasteiger partial charge in [-0.25, -0.2) is 0 Å². The zero-order valence-corrected chi connectivity index (χ0v) is 33.4. The normalized spacial score (nSPS) is 12.5. The fourth-order valence-electron chi connectivity index (χ4n) is 5.65. The molecule has 0 heterocycles. The maximum Gasteiger partial charge on any atom is 0.306 e. The van der Waals surface area contributed by atoms with Crippen molar-refractivity contribution in [1.82, 2.24) is 0 Å². The second-order valence-corrected chi connectivity index (χ2v) is 13.8. The lowest BCUT2D eigenvalue weighted by molar-refractivity contribution is -0.167. The summed E-state index contributed by atoms with van der Waals surface area (Å²) >= 11 is 0. The van der Waals surface area contributed by atoms with Crippen LogP contribution in [-0.4, -0.2) is 37.2 Å². The molecule has 0 aromatic heterocycles. The summed E-state index contributed by atoms with van der Waals surface area (Å²) in [6.45, 7) is 6.35. The number of hydrogen-bond acceptors (Lipinski definition) is 6. The van der Waals surface area contributed by atoms with Crippen molar-refractivity contribution in [3.63, 3.8) is 0 Å². The summed E-state index contributed by atoms with van der Waals surface area (Å²) in [5.74, 6) is -0.931. The largest absolute Gasteiger partial charge is 0.462 e. The Morgan fingerprint density at radius 2 is 0.765 bits per heavy atom. The van der Waals surface area contributed by atoms with Crippen molar-refractivity contribution in [2.45, 2.75) is 207 Å². The summed E-state index contributed by atoms with van der Waals surface area (Å²) in [5.41, 5.74) is 0. The summed E-state index contributed by atoms with van der Waals surface area (Å²) in [5, 5.41) is 0. The van der Waals surface area contributed by atoms with Gasteiger partial charge in [-0.1, -0.05) is 140 Å². The van der Waals surface area contributed by atoms with Crippen LogP contribution in [0.2, 0.25) is 0 Å². The molecule has 0 spiro atoms. The van der Waals surface area contributed by atoms with E-state index in [0.29, 0.717) is 19.3 Å². The van der Waals surface area contributed by atoms with Gasteiger partial charge in [0.25, 0.3) is 0 Å². The zero-order chi connectivity index (χ0) is 37.3. The van der Waals surface area contributed by atoms with Gasteiger partial charge < -0.3 is 14.2 Å². The molecule has 0 saturated heterocycles. The molecule has 1 unspecified atom stereocenters. The van der Waals surface area contributed by atoms with Crippen LogP contribution >= 0.6 is 0 Å². The Morgan fingerprint density at radius 1 is 0.412 bits per heavy atom. The van der Waals surface area contributed by atoms with Crippen molar-refractivity contribution in [2.75, 3.05) is 13.2 Å². The first-order chi connectivity index (χ1) is 25.0. The van der Waals surface area contributed by atoms with Crippen molar-refractivity contribution in [1.29, 1.82) is 0 Å². The first kappa shape index (κ1) is 48.4. The molecule has 0 radical (unpaired) electrons. The molecule has 0 fully saturated rings. The van der Waals surface area contributed by atoms with E-state index >= 15 is 0 Å². The molecule has 0 aromatic rings. The summed E-state index contributed by atoms with van der Waals surface area (Å²) in [6, 6.07) is 0. The molecule has 0 rings (SSSR count). The summed E-state index contributed by atoms with van der Waals surface area (Å²) in [4.78, 5) is 37.5. The number of carbonyl (C=O) groups is 3.